The van der Waals surface area contributed by atoms with E-state index in [0.29, 0.717) is 23.4 Å². The van der Waals surface area contributed by atoms with Gasteiger partial charge in [0, 0.05) is 6.54 Å². The number of sulfonamides is 1. The third kappa shape index (κ3) is 3.85. The van der Waals surface area contributed by atoms with E-state index in [1.807, 2.05) is 13.8 Å². The van der Waals surface area contributed by atoms with Crippen LogP contribution in [-0.2, 0) is 10.0 Å². The van der Waals surface area contributed by atoms with Gasteiger partial charge in [0.05, 0.1) is 21.2 Å². The fraction of sp³-hybridized carbons (Fsp3) is 0.538. The van der Waals surface area contributed by atoms with Crippen LogP contribution in [0.4, 0.5) is 5.69 Å². The second-order valence-electron chi connectivity index (χ2n) is 4.90. The summed E-state index contributed by atoms with van der Waals surface area (Å²) in [5.41, 5.74) is 5.44. The first-order valence-corrected chi connectivity index (χ1v) is 8.29. The zero-order valence-electron chi connectivity index (χ0n) is 11.9. The van der Waals surface area contributed by atoms with Crippen LogP contribution < -0.4 is 10.5 Å². The smallest absolute Gasteiger partial charge is 0.240 e. The van der Waals surface area contributed by atoms with Crippen LogP contribution in [0, 0.1) is 6.92 Å². The van der Waals surface area contributed by atoms with Crippen molar-refractivity contribution in [3.63, 3.8) is 0 Å². The maximum atomic E-state index is 12.2. The molecule has 1 rings (SSSR count). The number of nitrogens with two attached hydrogens (primary N) is 1. The van der Waals surface area contributed by atoms with Gasteiger partial charge in [-0.3, -0.25) is 0 Å². The van der Waals surface area contributed by atoms with Crippen molar-refractivity contribution < 1.29 is 13.5 Å². The normalized spacial score (nSPS) is 12.7. The minimum Gasteiger partial charge on any atom is -0.397 e. The molecular weight excluding hydrogens is 300 g/mol. The maximum Gasteiger partial charge on any atom is 0.240 e. The lowest BCUT2D eigenvalue weighted by Gasteiger charge is -2.25. The second-order valence-corrected chi connectivity index (χ2v) is 7.04. The van der Waals surface area contributed by atoms with Crippen LogP contribution in [0.25, 0.3) is 0 Å². The molecule has 20 heavy (non-hydrogen) atoms. The molecule has 0 atom stereocenters. The lowest BCUT2D eigenvalue weighted by molar-refractivity contribution is 0.0377. The van der Waals surface area contributed by atoms with Crippen LogP contribution in [0.3, 0.4) is 0 Å². The van der Waals surface area contributed by atoms with Crippen molar-refractivity contribution in [2.45, 2.75) is 44.1 Å². The van der Waals surface area contributed by atoms with Crippen molar-refractivity contribution in [3.8, 4) is 0 Å². The number of aliphatic hydroxyl groups is 1. The molecule has 1 aromatic rings. The van der Waals surface area contributed by atoms with Crippen molar-refractivity contribution in [2.24, 2.45) is 0 Å². The summed E-state index contributed by atoms with van der Waals surface area (Å²) in [5, 5.41) is 10.5. The first-order chi connectivity index (χ1) is 9.15. The number of hydrogen-bond donors (Lipinski definition) is 3. The Balaban J connectivity index is 3.01. The summed E-state index contributed by atoms with van der Waals surface area (Å²) in [6.07, 6.45) is 0.932. The highest BCUT2D eigenvalue weighted by atomic mass is 35.5. The highest BCUT2D eigenvalue weighted by molar-refractivity contribution is 7.89. The van der Waals surface area contributed by atoms with Crippen LogP contribution in [0.1, 0.15) is 32.3 Å². The van der Waals surface area contributed by atoms with Gasteiger partial charge in [0.1, 0.15) is 0 Å². The van der Waals surface area contributed by atoms with Crippen molar-refractivity contribution in [1.29, 1.82) is 0 Å². The summed E-state index contributed by atoms with van der Waals surface area (Å²) < 4.78 is 26.8. The van der Waals surface area contributed by atoms with Crippen molar-refractivity contribution in [2.75, 3.05) is 12.3 Å². The molecule has 5 nitrogen and oxygen atoms in total. The van der Waals surface area contributed by atoms with Gasteiger partial charge in [-0.2, -0.15) is 0 Å². The summed E-state index contributed by atoms with van der Waals surface area (Å²) in [5.74, 6) is 0. The van der Waals surface area contributed by atoms with E-state index >= 15 is 0 Å². The van der Waals surface area contributed by atoms with Gasteiger partial charge >= 0.3 is 0 Å². The van der Waals surface area contributed by atoms with Crippen molar-refractivity contribution in [3.05, 3.63) is 22.7 Å². The Kier molecular flexibility index (Phi) is 5.43. The van der Waals surface area contributed by atoms with Crippen LogP contribution in [0.15, 0.2) is 17.0 Å². The molecule has 0 saturated carbocycles. The van der Waals surface area contributed by atoms with Gasteiger partial charge in [-0.05, 0) is 37.5 Å². The Morgan fingerprint density at radius 1 is 1.35 bits per heavy atom. The molecule has 0 unspecified atom stereocenters. The van der Waals surface area contributed by atoms with Crippen LogP contribution in [-0.4, -0.2) is 25.7 Å². The number of nitrogen functional groups attached to an aromatic ring is 1. The monoisotopic (exact) mass is 320 g/mol. The second kappa shape index (κ2) is 6.30. The minimum absolute atomic E-state index is 0.0378. The SMILES string of the molecule is CCC(O)(CC)CNS(=O)(=O)c1cc(C)c(Cl)c(N)c1. The van der Waals surface area contributed by atoms with E-state index in [-0.39, 0.29) is 17.1 Å². The van der Waals surface area contributed by atoms with Crippen LogP contribution >= 0.6 is 11.6 Å². The lowest BCUT2D eigenvalue weighted by atomic mass is 9.98. The Morgan fingerprint density at radius 3 is 2.35 bits per heavy atom. The molecule has 7 heteroatoms. The molecule has 0 fully saturated rings. The van der Waals surface area contributed by atoms with E-state index in [1.54, 1.807) is 6.92 Å². The molecule has 0 amide bonds. The van der Waals surface area contributed by atoms with Crippen molar-refractivity contribution >= 4 is 27.3 Å². The van der Waals surface area contributed by atoms with Gasteiger partial charge in [0.2, 0.25) is 10.0 Å². The zero-order chi connectivity index (χ0) is 15.6. The summed E-state index contributed by atoms with van der Waals surface area (Å²) >= 11 is 5.91. The first-order valence-electron chi connectivity index (χ1n) is 6.43. The number of anilines is 1. The third-order valence-electron chi connectivity index (χ3n) is 3.47. The van der Waals surface area contributed by atoms with Gasteiger partial charge in [-0.1, -0.05) is 25.4 Å². The molecule has 0 aromatic heterocycles. The lowest BCUT2D eigenvalue weighted by Crippen LogP contribution is -2.42. The summed E-state index contributed by atoms with van der Waals surface area (Å²) in [4.78, 5) is 0.0476. The molecule has 0 spiro atoms. The van der Waals surface area contributed by atoms with E-state index in [0.717, 1.165) is 0 Å². The standard InChI is InChI=1S/C13H21ClN2O3S/c1-4-13(17,5-2)8-16-20(18,19)10-6-9(3)12(14)11(15)7-10/h6-7,16-17H,4-5,8,15H2,1-3H3. The maximum absolute atomic E-state index is 12.2. The number of hydrogen-bond acceptors (Lipinski definition) is 4. The molecule has 0 radical (unpaired) electrons. The molecule has 0 aliphatic rings. The van der Waals surface area contributed by atoms with Gasteiger partial charge < -0.3 is 10.8 Å². The summed E-state index contributed by atoms with van der Waals surface area (Å²) in [6, 6.07) is 2.77. The summed E-state index contributed by atoms with van der Waals surface area (Å²) in [6.45, 7) is 5.26. The Bertz CT molecular complexity index is 560. The Labute approximate surface area is 125 Å². The number of aryl methyl sites for hydroxylation is 1. The average molecular weight is 321 g/mol. The molecule has 0 saturated heterocycles. The van der Waals surface area contributed by atoms with Gasteiger partial charge in [-0.25, -0.2) is 13.1 Å². The Morgan fingerprint density at radius 2 is 1.90 bits per heavy atom. The molecule has 0 aliphatic heterocycles. The molecule has 0 aliphatic carbocycles. The topological polar surface area (TPSA) is 92.4 Å². The summed E-state index contributed by atoms with van der Waals surface area (Å²) in [7, 11) is -3.72. The largest absolute Gasteiger partial charge is 0.397 e. The van der Waals surface area contributed by atoms with E-state index in [9.17, 15) is 13.5 Å². The highest BCUT2D eigenvalue weighted by Gasteiger charge is 2.26. The Hall–Kier alpha value is -0.820. The average Bonchev–Trinajstić information content (AvgIpc) is 2.41. The molecule has 1 aromatic carbocycles. The molecule has 4 N–H and O–H groups in total. The highest BCUT2D eigenvalue weighted by Crippen LogP contribution is 2.27. The van der Waals surface area contributed by atoms with Crippen molar-refractivity contribution in [1.82, 2.24) is 4.72 Å². The zero-order valence-corrected chi connectivity index (χ0v) is 13.5. The van der Waals surface area contributed by atoms with E-state index in [1.165, 1.54) is 12.1 Å². The first kappa shape index (κ1) is 17.2. The van der Waals surface area contributed by atoms with E-state index in [2.05, 4.69) is 4.72 Å². The number of benzene rings is 1. The number of halogens is 1. The third-order valence-corrected chi connectivity index (χ3v) is 5.37. The molecular formula is C13H21ClN2O3S. The van der Waals surface area contributed by atoms with E-state index in [4.69, 9.17) is 17.3 Å². The van der Waals surface area contributed by atoms with Gasteiger partial charge in [0.15, 0.2) is 0 Å². The number of rotatable bonds is 6. The predicted octanol–water partition coefficient (Wildman–Crippen LogP) is 2.06. The van der Waals surface area contributed by atoms with Crippen LogP contribution in [0.2, 0.25) is 5.02 Å². The molecule has 114 valence electrons. The molecule has 0 heterocycles. The van der Waals surface area contributed by atoms with E-state index < -0.39 is 15.6 Å². The predicted molar refractivity (Wildman–Crippen MR) is 81.3 cm³/mol. The van der Waals surface area contributed by atoms with Gasteiger partial charge in [0.25, 0.3) is 0 Å². The van der Waals surface area contributed by atoms with Gasteiger partial charge in [-0.15, -0.1) is 0 Å². The molecule has 0 bridgehead atoms. The minimum atomic E-state index is -3.72. The van der Waals surface area contributed by atoms with Crippen LogP contribution in [0.5, 0.6) is 0 Å². The quantitative estimate of drug-likeness (QED) is 0.699. The fourth-order valence-electron chi connectivity index (χ4n) is 1.73. The fourth-order valence-corrected chi connectivity index (χ4v) is 3.08. The number of nitrogens with one attached hydrogen (secondary N) is 1.